The standard InChI is InChI=1S/C11H11F3N2/c1-6-4-8-9(5-7(6)2)16(3)10(15-8)11(12,13)14/h4-5H,1-3H3. The van der Waals surface area contributed by atoms with Gasteiger partial charge in [-0.1, -0.05) is 0 Å². The van der Waals surface area contributed by atoms with Crippen molar-refractivity contribution < 1.29 is 13.2 Å². The van der Waals surface area contributed by atoms with Crippen molar-refractivity contribution in [3.05, 3.63) is 29.1 Å². The number of alkyl halides is 3. The zero-order chi connectivity index (χ0) is 12.1. The van der Waals surface area contributed by atoms with E-state index in [9.17, 15) is 13.2 Å². The Morgan fingerprint density at radius 2 is 1.69 bits per heavy atom. The fraction of sp³-hybridized carbons (Fsp3) is 0.364. The maximum absolute atomic E-state index is 12.6. The molecule has 86 valence electrons. The molecule has 0 radical (unpaired) electrons. The summed E-state index contributed by atoms with van der Waals surface area (Å²) in [5, 5.41) is 0. The molecule has 0 aliphatic heterocycles. The average Bonchev–Trinajstić information content (AvgIpc) is 2.45. The number of aryl methyl sites for hydroxylation is 3. The molecular weight excluding hydrogens is 217 g/mol. The van der Waals surface area contributed by atoms with Crippen molar-refractivity contribution in [2.24, 2.45) is 7.05 Å². The molecule has 1 heterocycles. The first-order valence-electron chi connectivity index (χ1n) is 4.81. The Kier molecular flexibility index (Phi) is 2.22. The Hall–Kier alpha value is -1.52. The van der Waals surface area contributed by atoms with E-state index < -0.39 is 12.0 Å². The van der Waals surface area contributed by atoms with Gasteiger partial charge in [-0.25, -0.2) is 4.98 Å². The molecule has 0 saturated carbocycles. The lowest BCUT2D eigenvalue weighted by molar-refractivity contribution is -0.146. The lowest BCUT2D eigenvalue weighted by atomic mass is 10.1. The summed E-state index contributed by atoms with van der Waals surface area (Å²) in [6.45, 7) is 3.73. The summed E-state index contributed by atoms with van der Waals surface area (Å²) in [5.41, 5.74) is 2.80. The van der Waals surface area contributed by atoms with E-state index in [0.29, 0.717) is 11.0 Å². The minimum atomic E-state index is -4.41. The molecule has 2 rings (SSSR count). The Morgan fingerprint density at radius 3 is 2.25 bits per heavy atom. The maximum Gasteiger partial charge on any atom is 0.449 e. The monoisotopic (exact) mass is 228 g/mol. The summed E-state index contributed by atoms with van der Waals surface area (Å²) in [7, 11) is 1.38. The van der Waals surface area contributed by atoms with Gasteiger partial charge in [0.15, 0.2) is 0 Å². The number of rotatable bonds is 0. The van der Waals surface area contributed by atoms with Crippen LogP contribution in [0.4, 0.5) is 13.2 Å². The van der Waals surface area contributed by atoms with Crippen LogP contribution in [0.5, 0.6) is 0 Å². The van der Waals surface area contributed by atoms with Crippen LogP contribution in [0.1, 0.15) is 17.0 Å². The van der Waals surface area contributed by atoms with E-state index in [4.69, 9.17) is 0 Å². The summed E-state index contributed by atoms with van der Waals surface area (Å²) >= 11 is 0. The van der Waals surface area contributed by atoms with E-state index >= 15 is 0 Å². The van der Waals surface area contributed by atoms with Gasteiger partial charge in [-0.15, -0.1) is 0 Å². The second-order valence-electron chi connectivity index (χ2n) is 3.92. The van der Waals surface area contributed by atoms with Crippen molar-refractivity contribution >= 4 is 11.0 Å². The lowest BCUT2D eigenvalue weighted by Gasteiger charge is -2.05. The Balaban J connectivity index is 2.79. The van der Waals surface area contributed by atoms with Crippen LogP contribution in [0, 0.1) is 13.8 Å². The van der Waals surface area contributed by atoms with Crippen LogP contribution in [-0.2, 0) is 13.2 Å². The van der Waals surface area contributed by atoms with Crippen LogP contribution >= 0.6 is 0 Å². The molecule has 0 aliphatic carbocycles. The van der Waals surface area contributed by atoms with Gasteiger partial charge in [0.05, 0.1) is 11.0 Å². The quantitative estimate of drug-likeness (QED) is 0.677. The molecule has 0 bridgehead atoms. The van der Waals surface area contributed by atoms with E-state index in [1.165, 1.54) is 7.05 Å². The van der Waals surface area contributed by atoms with Gasteiger partial charge < -0.3 is 4.57 Å². The first-order valence-corrected chi connectivity index (χ1v) is 4.81. The molecule has 0 saturated heterocycles. The molecule has 2 nitrogen and oxygen atoms in total. The highest BCUT2D eigenvalue weighted by molar-refractivity contribution is 5.78. The maximum atomic E-state index is 12.6. The number of imidazole rings is 1. The van der Waals surface area contributed by atoms with Gasteiger partial charge in [0, 0.05) is 7.05 Å². The van der Waals surface area contributed by atoms with E-state index in [1.54, 1.807) is 12.1 Å². The fourth-order valence-electron chi connectivity index (χ4n) is 1.70. The van der Waals surface area contributed by atoms with Gasteiger partial charge >= 0.3 is 6.18 Å². The second kappa shape index (κ2) is 3.23. The normalized spacial score (nSPS) is 12.4. The van der Waals surface area contributed by atoms with E-state index in [-0.39, 0.29) is 0 Å². The molecule has 0 spiro atoms. The fourth-order valence-corrected chi connectivity index (χ4v) is 1.70. The predicted octanol–water partition coefficient (Wildman–Crippen LogP) is 3.21. The minimum Gasteiger partial charge on any atom is -0.323 e. The highest BCUT2D eigenvalue weighted by atomic mass is 19.4. The topological polar surface area (TPSA) is 17.8 Å². The van der Waals surface area contributed by atoms with Crippen molar-refractivity contribution in [3.63, 3.8) is 0 Å². The third-order valence-electron chi connectivity index (χ3n) is 2.75. The zero-order valence-corrected chi connectivity index (χ0v) is 9.18. The van der Waals surface area contributed by atoms with Gasteiger partial charge in [-0.2, -0.15) is 13.2 Å². The molecule has 0 amide bonds. The van der Waals surface area contributed by atoms with Crippen molar-refractivity contribution in [1.82, 2.24) is 9.55 Å². The molecule has 5 heteroatoms. The van der Waals surface area contributed by atoms with E-state index in [2.05, 4.69) is 4.98 Å². The summed E-state index contributed by atoms with van der Waals surface area (Å²) in [4.78, 5) is 3.62. The van der Waals surface area contributed by atoms with Gasteiger partial charge in [0.1, 0.15) is 0 Å². The zero-order valence-electron chi connectivity index (χ0n) is 9.18. The molecule has 0 unspecified atom stereocenters. The predicted molar refractivity (Wildman–Crippen MR) is 55.2 cm³/mol. The van der Waals surface area contributed by atoms with Crippen LogP contribution < -0.4 is 0 Å². The third-order valence-corrected chi connectivity index (χ3v) is 2.75. The second-order valence-corrected chi connectivity index (χ2v) is 3.92. The molecule has 16 heavy (non-hydrogen) atoms. The van der Waals surface area contributed by atoms with Gasteiger partial charge in [-0.3, -0.25) is 0 Å². The van der Waals surface area contributed by atoms with Crippen LogP contribution in [0.2, 0.25) is 0 Å². The third kappa shape index (κ3) is 1.56. The summed E-state index contributed by atoms with van der Waals surface area (Å²) in [6.07, 6.45) is -4.41. The van der Waals surface area contributed by atoms with Crippen LogP contribution in [0.25, 0.3) is 11.0 Å². The highest BCUT2D eigenvalue weighted by Crippen LogP contribution is 2.31. The first kappa shape index (κ1) is 11.0. The first-order chi connectivity index (χ1) is 7.30. The van der Waals surface area contributed by atoms with Gasteiger partial charge in [0.2, 0.25) is 5.82 Å². The lowest BCUT2D eigenvalue weighted by Crippen LogP contribution is -2.12. The van der Waals surface area contributed by atoms with Gasteiger partial charge in [0.25, 0.3) is 0 Å². The highest BCUT2D eigenvalue weighted by Gasteiger charge is 2.36. The van der Waals surface area contributed by atoms with Crippen LogP contribution in [-0.4, -0.2) is 9.55 Å². The van der Waals surface area contributed by atoms with Crippen molar-refractivity contribution in [3.8, 4) is 0 Å². The smallest absolute Gasteiger partial charge is 0.323 e. The van der Waals surface area contributed by atoms with Crippen molar-refractivity contribution in [2.45, 2.75) is 20.0 Å². The average molecular weight is 228 g/mol. The van der Waals surface area contributed by atoms with Crippen molar-refractivity contribution in [2.75, 3.05) is 0 Å². The molecule has 2 aromatic rings. The molecule has 0 N–H and O–H groups in total. The number of fused-ring (bicyclic) bond motifs is 1. The Labute approximate surface area is 90.7 Å². The van der Waals surface area contributed by atoms with E-state index in [1.807, 2.05) is 13.8 Å². The summed E-state index contributed by atoms with van der Waals surface area (Å²) in [6, 6.07) is 3.41. The number of halogens is 3. The Morgan fingerprint density at radius 1 is 1.12 bits per heavy atom. The SMILES string of the molecule is Cc1cc2nc(C(F)(F)F)n(C)c2cc1C. The summed E-state index contributed by atoms with van der Waals surface area (Å²) in [5.74, 6) is -0.854. The Bertz CT molecular complexity index is 552. The molecule has 1 aromatic carbocycles. The van der Waals surface area contributed by atoms with Crippen LogP contribution in [0.15, 0.2) is 12.1 Å². The number of aromatic nitrogens is 2. The summed E-state index contributed by atoms with van der Waals surface area (Å²) < 4.78 is 38.9. The molecule has 0 atom stereocenters. The molecule has 0 aliphatic rings. The number of benzene rings is 1. The largest absolute Gasteiger partial charge is 0.449 e. The van der Waals surface area contributed by atoms with Crippen molar-refractivity contribution in [1.29, 1.82) is 0 Å². The number of hydrogen-bond acceptors (Lipinski definition) is 1. The van der Waals surface area contributed by atoms with Gasteiger partial charge in [-0.05, 0) is 37.1 Å². The van der Waals surface area contributed by atoms with Crippen LogP contribution in [0.3, 0.4) is 0 Å². The minimum absolute atomic E-state index is 0.387. The molecule has 1 aromatic heterocycles. The number of nitrogens with zero attached hydrogens (tertiary/aromatic N) is 2. The molecular formula is C11H11F3N2. The number of hydrogen-bond donors (Lipinski definition) is 0. The molecule has 0 fully saturated rings. The van der Waals surface area contributed by atoms with E-state index in [0.717, 1.165) is 15.7 Å².